The molecule has 0 atom stereocenters. The van der Waals surface area contributed by atoms with Gasteiger partial charge in [0.15, 0.2) is 0 Å². The number of nitrogens with one attached hydrogen (secondary N) is 2. The molecule has 0 unspecified atom stereocenters. The van der Waals surface area contributed by atoms with Crippen LogP contribution in [0.2, 0.25) is 5.02 Å². The maximum absolute atomic E-state index is 12.3. The highest BCUT2D eigenvalue weighted by Gasteiger charge is 2.46. The summed E-state index contributed by atoms with van der Waals surface area (Å²) >= 11 is 5.81. The molecule has 7 nitrogen and oxygen atoms in total. The van der Waals surface area contributed by atoms with Gasteiger partial charge in [-0.3, -0.25) is 10.1 Å². The predicted octanol–water partition coefficient (Wildman–Crippen LogP) is 4.30. The Morgan fingerprint density at radius 2 is 2.00 bits per heavy atom. The standard InChI is InChI=1S/C20H22ClN3O4/c1-12-8-14(5-6-16(12)28-17-7-4-13(21)11-22-17)23-19(26)24-18(25)20(2)9-15(10-20)27-3/h4-8,11,15H,9-10H2,1-3H3,(H2,23,24,25,26). The number of methoxy groups -OCH3 is 1. The largest absolute Gasteiger partial charge is 0.439 e. The van der Waals surface area contributed by atoms with E-state index >= 15 is 0 Å². The lowest BCUT2D eigenvalue weighted by Crippen LogP contribution is -2.52. The third-order valence-corrected chi connectivity index (χ3v) is 5.04. The maximum atomic E-state index is 12.3. The van der Waals surface area contributed by atoms with Crippen LogP contribution in [0.3, 0.4) is 0 Å². The van der Waals surface area contributed by atoms with Crippen molar-refractivity contribution >= 4 is 29.2 Å². The normalized spacial score (nSPS) is 20.8. The van der Waals surface area contributed by atoms with Crippen LogP contribution in [0.4, 0.5) is 10.5 Å². The second-order valence-corrected chi connectivity index (χ2v) is 7.57. The van der Waals surface area contributed by atoms with E-state index in [4.69, 9.17) is 21.1 Å². The van der Waals surface area contributed by atoms with Crippen LogP contribution in [0.1, 0.15) is 25.3 Å². The second-order valence-electron chi connectivity index (χ2n) is 7.13. The quantitative estimate of drug-likeness (QED) is 0.776. The number of carbonyl (C=O) groups is 2. The number of aromatic nitrogens is 1. The summed E-state index contributed by atoms with van der Waals surface area (Å²) in [5.41, 5.74) is 0.777. The summed E-state index contributed by atoms with van der Waals surface area (Å²) in [5, 5.41) is 5.59. The van der Waals surface area contributed by atoms with Crippen molar-refractivity contribution < 1.29 is 19.1 Å². The predicted molar refractivity (Wildman–Crippen MR) is 106 cm³/mol. The Bertz CT molecular complexity index is 880. The van der Waals surface area contributed by atoms with Crippen LogP contribution in [-0.4, -0.2) is 30.1 Å². The summed E-state index contributed by atoms with van der Waals surface area (Å²) < 4.78 is 10.9. The fraction of sp³-hybridized carbons (Fsp3) is 0.350. The van der Waals surface area contributed by atoms with Gasteiger partial charge in [0.25, 0.3) is 0 Å². The van der Waals surface area contributed by atoms with E-state index < -0.39 is 11.4 Å². The number of hydrogen-bond acceptors (Lipinski definition) is 5. The molecule has 1 aromatic heterocycles. The second kappa shape index (κ2) is 8.16. The van der Waals surface area contributed by atoms with Crippen molar-refractivity contribution in [3.05, 3.63) is 47.1 Å². The Balaban J connectivity index is 1.57. The molecule has 3 amide bonds. The van der Waals surface area contributed by atoms with Crippen LogP contribution < -0.4 is 15.4 Å². The molecule has 8 heteroatoms. The number of ether oxygens (including phenoxy) is 2. The zero-order valence-electron chi connectivity index (χ0n) is 15.9. The van der Waals surface area contributed by atoms with Gasteiger partial charge in [0.1, 0.15) is 5.75 Å². The van der Waals surface area contributed by atoms with Gasteiger partial charge in [-0.05, 0) is 49.6 Å². The van der Waals surface area contributed by atoms with Gasteiger partial charge < -0.3 is 14.8 Å². The number of urea groups is 1. The van der Waals surface area contributed by atoms with Crippen LogP contribution in [-0.2, 0) is 9.53 Å². The average molecular weight is 404 g/mol. The van der Waals surface area contributed by atoms with E-state index in [-0.39, 0.29) is 12.0 Å². The van der Waals surface area contributed by atoms with Gasteiger partial charge in [0.05, 0.1) is 16.5 Å². The molecular formula is C20H22ClN3O4. The smallest absolute Gasteiger partial charge is 0.325 e. The Kier molecular flexibility index (Phi) is 5.86. The Labute approximate surface area is 168 Å². The number of amides is 3. The van der Waals surface area contributed by atoms with Crippen molar-refractivity contribution in [3.8, 4) is 11.6 Å². The summed E-state index contributed by atoms with van der Waals surface area (Å²) in [5.74, 6) is 0.716. The number of benzene rings is 1. The number of imide groups is 1. The first-order valence-corrected chi connectivity index (χ1v) is 9.22. The maximum Gasteiger partial charge on any atom is 0.325 e. The van der Waals surface area contributed by atoms with E-state index in [1.54, 1.807) is 37.4 Å². The fourth-order valence-corrected chi connectivity index (χ4v) is 3.20. The Hall–Kier alpha value is -2.64. The lowest BCUT2D eigenvalue weighted by atomic mass is 9.67. The molecule has 1 aromatic carbocycles. The van der Waals surface area contributed by atoms with Crippen LogP contribution in [0, 0.1) is 12.3 Å². The number of aryl methyl sites for hydroxylation is 1. The molecule has 2 aromatic rings. The number of carbonyl (C=O) groups excluding carboxylic acids is 2. The first-order valence-electron chi connectivity index (χ1n) is 8.84. The number of hydrogen-bond donors (Lipinski definition) is 2. The van der Waals surface area contributed by atoms with Crippen LogP contribution in [0.25, 0.3) is 0 Å². The van der Waals surface area contributed by atoms with Gasteiger partial charge in [0, 0.05) is 25.1 Å². The molecule has 28 heavy (non-hydrogen) atoms. The van der Waals surface area contributed by atoms with E-state index in [1.165, 1.54) is 6.20 Å². The number of nitrogens with zero attached hydrogens (tertiary/aromatic N) is 1. The monoisotopic (exact) mass is 403 g/mol. The molecule has 2 N–H and O–H groups in total. The molecule has 1 aliphatic carbocycles. The van der Waals surface area contributed by atoms with Crippen molar-refractivity contribution in [2.45, 2.75) is 32.8 Å². The third-order valence-electron chi connectivity index (χ3n) is 4.81. The average Bonchev–Trinajstić information content (AvgIpc) is 2.62. The highest BCUT2D eigenvalue weighted by molar-refractivity contribution is 6.30. The van der Waals surface area contributed by atoms with Crippen molar-refractivity contribution in [2.24, 2.45) is 5.41 Å². The van der Waals surface area contributed by atoms with E-state index in [0.717, 1.165) is 5.56 Å². The third kappa shape index (κ3) is 4.61. The molecule has 1 aliphatic rings. The summed E-state index contributed by atoms with van der Waals surface area (Å²) in [7, 11) is 1.62. The van der Waals surface area contributed by atoms with Gasteiger partial charge >= 0.3 is 6.03 Å². The topological polar surface area (TPSA) is 89.5 Å². The molecule has 148 valence electrons. The lowest BCUT2D eigenvalue weighted by molar-refractivity contribution is -0.142. The fourth-order valence-electron chi connectivity index (χ4n) is 3.09. The van der Waals surface area contributed by atoms with E-state index in [9.17, 15) is 9.59 Å². The van der Waals surface area contributed by atoms with Crippen LogP contribution >= 0.6 is 11.6 Å². The zero-order valence-corrected chi connectivity index (χ0v) is 16.7. The van der Waals surface area contributed by atoms with Gasteiger partial charge in [0.2, 0.25) is 11.8 Å². The molecule has 3 rings (SSSR count). The SMILES string of the molecule is COC1CC(C)(C(=O)NC(=O)Nc2ccc(Oc3ccc(Cl)cn3)c(C)c2)C1. The van der Waals surface area contributed by atoms with Crippen molar-refractivity contribution in [2.75, 3.05) is 12.4 Å². The van der Waals surface area contributed by atoms with E-state index in [0.29, 0.717) is 35.2 Å². The molecule has 0 spiro atoms. The first kappa shape index (κ1) is 20.1. The lowest BCUT2D eigenvalue weighted by Gasteiger charge is -2.42. The molecule has 1 heterocycles. The van der Waals surface area contributed by atoms with Gasteiger partial charge in [-0.25, -0.2) is 9.78 Å². The van der Waals surface area contributed by atoms with Crippen molar-refractivity contribution in [1.82, 2.24) is 10.3 Å². The minimum absolute atomic E-state index is 0.0733. The van der Waals surface area contributed by atoms with Gasteiger partial charge in [-0.2, -0.15) is 0 Å². The minimum atomic E-state index is -0.572. The Morgan fingerprint density at radius 1 is 1.25 bits per heavy atom. The molecule has 0 radical (unpaired) electrons. The zero-order chi connectivity index (χ0) is 20.3. The highest BCUT2D eigenvalue weighted by Crippen LogP contribution is 2.42. The highest BCUT2D eigenvalue weighted by atomic mass is 35.5. The number of pyridine rings is 1. The summed E-state index contributed by atoms with van der Waals surface area (Å²) in [6.07, 6.45) is 2.78. The van der Waals surface area contributed by atoms with Gasteiger partial charge in [-0.15, -0.1) is 0 Å². The molecule has 0 aliphatic heterocycles. The van der Waals surface area contributed by atoms with E-state index in [2.05, 4.69) is 15.6 Å². The van der Waals surface area contributed by atoms with Crippen LogP contribution in [0.15, 0.2) is 36.5 Å². The Morgan fingerprint density at radius 3 is 2.61 bits per heavy atom. The number of halogens is 1. The van der Waals surface area contributed by atoms with E-state index in [1.807, 2.05) is 13.8 Å². The molecule has 0 saturated heterocycles. The number of anilines is 1. The summed E-state index contributed by atoms with van der Waals surface area (Å²) in [4.78, 5) is 28.5. The molecule has 1 saturated carbocycles. The molecule has 0 bridgehead atoms. The van der Waals surface area contributed by atoms with Crippen molar-refractivity contribution in [3.63, 3.8) is 0 Å². The van der Waals surface area contributed by atoms with Crippen molar-refractivity contribution in [1.29, 1.82) is 0 Å². The number of rotatable bonds is 5. The minimum Gasteiger partial charge on any atom is -0.439 e. The summed E-state index contributed by atoms with van der Waals surface area (Å²) in [6.45, 7) is 3.67. The van der Waals surface area contributed by atoms with Crippen LogP contribution in [0.5, 0.6) is 11.6 Å². The van der Waals surface area contributed by atoms with Gasteiger partial charge in [-0.1, -0.05) is 18.5 Å². The molecule has 1 fully saturated rings. The molecular weight excluding hydrogens is 382 g/mol. The first-order chi connectivity index (χ1) is 13.3. The summed E-state index contributed by atoms with van der Waals surface area (Å²) in [6, 6.07) is 7.95.